The molecule has 0 aliphatic heterocycles. The quantitative estimate of drug-likeness (QED) is 0.468. The lowest BCUT2D eigenvalue weighted by Gasteiger charge is -2.49. The van der Waals surface area contributed by atoms with E-state index in [0.29, 0.717) is 11.8 Å². The molecule has 0 radical (unpaired) electrons. The van der Waals surface area contributed by atoms with Crippen LogP contribution in [-0.2, 0) is 9.68 Å². The standard InChI is InChI=1S/C15H24O4/c1-8-4-7-12(10(3)15(16)17)13-11(8)6-5-9(2)14(13)19-18/h8,10-14,18H,2,4-7H2,1,3H3,(H,16,17)/t8-,10-,11+,12+,13+,14-/m1/s1. The summed E-state index contributed by atoms with van der Waals surface area (Å²) >= 11 is 0. The van der Waals surface area contributed by atoms with E-state index >= 15 is 0 Å². The second-order valence-corrected chi connectivity index (χ2v) is 6.31. The second kappa shape index (κ2) is 5.63. The number of carboxylic acids is 1. The normalized spacial score (nSPS) is 40.6. The minimum atomic E-state index is -0.758. The Bertz CT molecular complexity index is 365. The van der Waals surface area contributed by atoms with Crippen LogP contribution in [-0.4, -0.2) is 22.4 Å². The maximum absolute atomic E-state index is 11.3. The van der Waals surface area contributed by atoms with E-state index in [2.05, 4.69) is 18.4 Å². The van der Waals surface area contributed by atoms with Gasteiger partial charge in [0, 0.05) is 0 Å². The molecule has 2 fully saturated rings. The highest BCUT2D eigenvalue weighted by Gasteiger charge is 2.48. The zero-order valence-electron chi connectivity index (χ0n) is 11.7. The molecule has 0 aromatic rings. The molecule has 19 heavy (non-hydrogen) atoms. The number of carbonyl (C=O) groups is 1. The minimum Gasteiger partial charge on any atom is -0.481 e. The highest BCUT2D eigenvalue weighted by Crippen LogP contribution is 2.50. The van der Waals surface area contributed by atoms with Gasteiger partial charge < -0.3 is 5.11 Å². The van der Waals surface area contributed by atoms with Gasteiger partial charge in [-0.15, -0.1) is 0 Å². The van der Waals surface area contributed by atoms with E-state index in [-0.39, 0.29) is 11.8 Å². The fourth-order valence-electron chi connectivity index (χ4n) is 4.16. The third-order valence-corrected chi connectivity index (χ3v) is 5.37. The highest BCUT2D eigenvalue weighted by atomic mass is 17.1. The molecular formula is C15H24O4. The van der Waals surface area contributed by atoms with Gasteiger partial charge in [-0.1, -0.05) is 26.8 Å². The van der Waals surface area contributed by atoms with Crippen molar-refractivity contribution < 1.29 is 20.0 Å². The maximum atomic E-state index is 11.3. The van der Waals surface area contributed by atoms with Gasteiger partial charge >= 0.3 is 5.97 Å². The predicted octanol–water partition coefficient (Wildman–Crippen LogP) is 3.19. The summed E-state index contributed by atoms with van der Waals surface area (Å²) in [6, 6.07) is 0. The number of hydrogen-bond donors (Lipinski definition) is 2. The van der Waals surface area contributed by atoms with Crippen molar-refractivity contribution in [2.75, 3.05) is 0 Å². The van der Waals surface area contributed by atoms with Crippen molar-refractivity contribution in [3.05, 3.63) is 12.2 Å². The number of rotatable bonds is 3. The number of fused-ring (bicyclic) bond motifs is 1. The van der Waals surface area contributed by atoms with Gasteiger partial charge in [0.15, 0.2) is 0 Å². The lowest BCUT2D eigenvalue weighted by Crippen LogP contribution is -2.48. The van der Waals surface area contributed by atoms with Crippen molar-refractivity contribution in [2.45, 2.75) is 45.6 Å². The van der Waals surface area contributed by atoms with Crippen molar-refractivity contribution in [1.29, 1.82) is 0 Å². The largest absolute Gasteiger partial charge is 0.481 e. The average Bonchev–Trinajstić information content (AvgIpc) is 2.38. The Kier molecular flexibility index (Phi) is 4.31. The second-order valence-electron chi connectivity index (χ2n) is 6.31. The van der Waals surface area contributed by atoms with E-state index < -0.39 is 18.0 Å². The summed E-state index contributed by atoms with van der Waals surface area (Å²) in [5.41, 5.74) is 0.903. The summed E-state index contributed by atoms with van der Waals surface area (Å²) in [5.74, 6) is -0.0140. The number of hydrogen-bond acceptors (Lipinski definition) is 3. The molecule has 2 saturated carbocycles. The predicted molar refractivity (Wildman–Crippen MR) is 71.5 cm³/mol. The zero-order valence-corrected chi connectivity index (χ0v) is 11.7. The van der Waals surface area contributed by atoms with Crippen LogP contribution in [0.25, 0.3) is 0 Å². The summed E-state index contributed by atoms with van der Waals surface area (Å²) in [7, 11) is 0. The van der Waals surface area contributed by atoms with Crippen molar-refractivity contribution in [2.24, 2.45) is 29.6 Å². The average molecular weight is 268 g/mol. The first kappa shape index (κ1) is 14.5. The molecule has 108 valence electrons. The van der Waals surface area contributed by atoms with E-state index in [4.69, 9.17) is 0 Å². The van der Waals surface area contributed by atoms with Crippen molar-refractivity contribution >= 4 is 5.97 Å². The molecule has 2 rings (SSSR count). The molecule has 6 atom stereocenters. The van der Waals surface area contributed by atoms with Crippen LogP contribution in [0.2, 0.25) is 0 Å². The van der Waals surface area contributed by atoms with Crippen molar-refractivity contribution in [3.8, 4) is 0 Å². The van der Waals surface area contributed by atoms with E-state index in [9.17, 15) is 15.2 Å². The van der Waals surface area contributed by atoms with Crippen LogP contribution in [0.3, 0.4) is 0 Å². The Hall–Kier alpha value is -0.870. The molecule has 2 aliphatic carbocycles. The number of aliphatic carboxylic acids is 1. The smallest absolute Gasteiger partial charge is 0.306 e. The fraction of sp³-hybridized carbons (Fsp3) is 0.800. The van der Waals surface area contributed by atoms with Gasteiger partial charge in [-0.05, 0) is 48.5 Å². The highest BCUT2D eigenvalue weighted by molar-refractivity contribution is 5.70. The van der Waals surface area contributed by atoms with Crippen LogP contribution >= 0.6 is 0 Å². The first-order valence-corrected chi connectivity index (χ1v) is 7.18. The van der Waals surface area contributed by atoms with Gasteiger partial charge in [-0.25, -0.2) is 4.89 Å². The molecule has 0 spiro atoms. The monoisotopic (exact) mass is 268 g/mol. The van der Waals surface area contributed by atoms with Gasteiger partial charge in [0.25, 0.3) is 0 Å². The molecule has 0 aromatic carbocycles. The molecule has 4 nitrogen and oxygen atoms in total. The minimum absolute atomic E-state index is 0.0629. The molecule has 0 heterocycles. The first-order valence-electron chi connectivity index (χ1n) is 7.18. The first-order chi connectivity index (χ1) is 8.97. The number of carboxylic acid groups (broad SMARTS) is 1. The van der Waals surface area contributed by atoms with Crippen molar-refractivity contribution in [1.82, 2.24) is 0 Å². The molecule has 0 saturated heterocycles. The Balaban J connectivity index is 2.29. The van der Waals surface area contributed by atoms with Crippen LogP contribution < -0.4 is 0 Å². The van der Waals surface area contributed by atoms with Crippen LogP contribution in [0.5, 0.6) is 0 Å². The lowest BCUT2D eigenvalue weighted by molar-refractivity contribution is -0.295. The molecular weight excluding hydrogens is 244 g/mol. The van der Waals surface area contributed by atoms with Crippen LogP contribution in [0, 0.1) is 29.6 Å². The SMILES string of the molecule is C=C1CC[C@@H]2[C@@H]([C@H]([C@@H](C)C(=O)O)CC[C@H]2C)[C@@H]1OO. The summed E-state index contributed by atoms with van der Waals surface area (Å²) < 4.78 is 0. The zero-order chi connectivity index (χ0) is 14.2. The van der Waals surface area contributed by atoms with Gasteiger partial charge in [0.1, 0.15) is 6.10 Å². The summed E-state index contributed by atoms with van der Waals surface area (Å²) in [6.45, 7) is 7.98. The van der Waals surface area contributed by atoms with Crippen LogP contribution in [0.15, 0.2) is 12.2 Å². The summed E-state index contributed by atoms with van der Waals surface area (Å²) in [6.07, 6.45) is 3.46. The van der Waals surface area contributed by atoms with Gasteiger partial charge in [0.2, 0.25) is 0 Å². The Labute approximate surface area is 114 Å². The Morgan fingerprint density at radius 2 is 2.11 bits per heavy atom. The lowest BCUT2D eigenvalue weighted by atomic mass is 9.57. The summed E-state index contributed by atoms with van der Waals surface area (Å²) in [5, 5.41) is 18.5. The topological polar surface area (TPSA) is 66.8 Å². The molecule has 2 N–H and O–H groups in total. The molecule has 0 bridgehead atoms. The fourth-order valence-corrected chi connectivity index (χ4v) is 4.16. The third-order valence-electron chi connectivity index (χ3n) is 5.37. The molecule has 2 aliphatic rings. The van der Waals surface area contributed by atoms with Crippen LogP contribution in [0.4, 0.5) is 0 Å². The molecule has 4 heteroatoms. The Morgan fingerprint density at radius 3 is 2.68 bits per heavy atom. The Morgan fingerprint density at radius 1 is 1.42 bits per heavy atom. The van der Waals surface area contributed by atoms with Gasteiger partial charge in [-0.3, -0.25) is 10.1 Å². The van der Waals surface area contributed by atoms with Crippen LogP contribution in [0.1, 0.15) is 39.5 Å². The van der Waals surface area contributed by atoms with Gasteiger partial charge in [-0.2, -0.15) is 0 Å². The van der Waals surface area contributed by atoms with E-state index in [0.717, 1.165) is 31.3 Å². The van der Waals surface area contributed by atoms with Crippen molar-refractivity contribution in [3.63, 3.8) is 0 Å². The molecule has 0 unspecified atom stereocenters. The molecule has 0 amide bonds. The van der Waals surface area contributed by atoms with E-state index in [1.807, 2.05) is 0 Å². The van der Waals surface area contributed by atoms with E-state index in [1.54, 1.807) is 6.92 Å². The molecule has 0 aromatic heterocycles. The van der Waals surface area contributed by atoms with Gasteiger partial charge in [0.05, 0.1) is 5.92 Å². The van der Waals surface area contributed by atoms with E-state index in [1.165, 1.54) is 0 Å². The third kappa shape index (κ3) is 2.56. The maximum Gasteiger partial charge on any atom is 0.306 e. The summed E-state index contributed by atoms with van der Waals surface area (Å²) in [4.78, 5) is 16.0.